The highest BCUT2D eigenvalue weighted by Gasteiger charge is 2.20. The van der Waals surface area contributed by atoms with E-state index in [2.05, 4.69) is 10.1 Å². The number of carbonyl (C=O) groups excluding carboxylic acids is 1. The average Bonchev–Trinajstić information content (AvgIpc) is 3.13. The van der Waals surface area contributed by atoms with Crippen LogP contribution >= 0.6 is 0 Å². The molecule has 0 saturated heterocycles. The number of carbonyl (C=O) groups is 1. The Hall–Kier alpha value is -2.82. The highest BCUT2D eigenvalue weighted by Crippen LogP contribution is 2.29. The first-order chi connectivity index (χ1) is 11.1. The first kappa shape index (κ1) is 15.1. The Morgan fingerprint density at radius 2 is 1.96 bits per heavy atom. The van der Waals surface area contributed by atoms with Gasteiger partial charge in [-0.2, -0.15) is 5.10 Å². The Morgan fingerprint density at radius 3 is 2.65 bits per heavy atom. The van der Waals surface area contributed by atoms with Crippen LogP contribution in [0.3, 0.4) is 0 Å². The zero-order chi connectivity index (χ0) is 16.4. The summed E-state index contributed by atoms with van der Waals surface area (Å²) in [6.07, 6.45) is 1.92. The summed E-state index contributed by atoms with van der Waals surface area (Å²) in [6.45, 7) is 6.00. The predicted octanol–water partition coefficient (Wildman–Crippen LogP) is 3.66. The van der Waals surface area contributed by atoms with Crippen molar-refractivity contribution in [2.45, 2.75) is 20.8 Å². The largest absolute Gasteiger partial charge is 0.461 e. The molecule has 1 N–H and O–H groups in total. The molecule has 5 nitrogen and oxygen atoms in total. The van der Waals surface area contributed by atoms with Gasteiger partial charge in [0.05, 0.1) is 18.0 Å². The van der Waals surface area contributed by atoms with Crippen LogP contribution < -0.4 is 0 Å². The summed E-state index contributed by atoms with van der Waals surface area (Å²) in [6, 6.07) is 11.9. The van der Waals surface area contributed by atoms with Crippen molar-refractivity contribution in [3.8, 4) is 16.9 Å². The number of aromatic amines is 1. The lowest BCUT2D eigenvalue weighted by Crippen LogP contribution is -2.06. The maximum atomic E-state index is 12.0. The van der Waals surface area contributed by atoms with Gasteiger partial charge in [-0.15, -0.1) is 0 Å². The summed E-state index contributed by atoms with van der Waals surface area (Å²) in [5, 5.41) is 4.64. The third-order valence-electron chi connectivity index (χ3n) is 3.78. The molecule has 0 aliphatic carbocycles. The third-order valence-corrected chi connectivity index (χ3v) is 3.78. The van der Waals surface area contributed by atoms with Crippen LogP contribution in [-0.2, 0) is 4.74 Å². The first-order valence-electron chi connectivity index (χ1n) is 7.59. The van der Waals surface area contributed by atoms with Crippen molar-refractivity contribution in [1.82, 2.24) is 14.8 Å². The molecule has 2 heterocycles. The molecule has 3 aromatic rings. The summed E-state index contributed by atoms with van der Waals surface area (Å²) in [5.41, 5.74) is 5.03. The fourth-order valence-electron chi connectivity index (χ4n) is 2.72. The third kappa shape index (κ3) is 2.77. The van der Waals surface area contributed by atoms with Crippen LogP contribution in [0.1, 0.15) is 28.7 Å². The number of hydrogen-bond acceptors (Lipinski definition) is 3. The van der Waals surface area contributed by atoms with Crippen LogP contribution in [-0.4, -0.2) is 27.3 Å². The Bertz CT molecular complexity index is 831. The van der Waals surface area contributed by atoms with E-state index in [1.54, 1.807) is 6.92 Å². The summed E-state index contributed by atoms with van der Waals surface area (Å²) >= 11 is 0. The molecule has 0 bridgehead atoms. The molecule has 2 aromatic heterocycles. The number of esters is 1. The molecule has 118 valence electrons. The van der Waals surface area contributed by atoms with Gasteiger partial charge in [-0.3, -0.25) is 0 Å². The van der Waals surface area contributed by atoms with Crippen LogP contribution in [0.15, 0.2) is 42.6 Å². The minimum atomic E-state index is -0.332. The van der Waals surface area contributed by atoms with Gasteiger partial charge in [0, 0.05) is 17.5 Å². The van der Waals surface area contributed by atoms with E-state index in [9.17, 15) is 4.79 Å². The van der Waals surface area contributed by atoms with Gasteiger partial charge in [0.25, 0.3) is 0 Å². The topological polar surface area (TPSA) is 59.9 Å². The van der Waals surface area contributed by atoms with E-state index in [0.29, 0.717) is 12.3 Å². The number of hydrogen-bond donors (Lipinski definition) is 1. The lowest BCUT2D eigenvalue weighted by Gasteiger charge is -2.02. The molecule has 5 heteroatoms. The van der Waals surface area contributed by atoms with E-state index in [-0.39, 0.29) is 5.97 Å². The van der Waals surface area contributed by atoms with Gasteiger partial charge in [-0.05, 0) is 44.5 Å². The average molecular weight is 309 g/mol. The fourth-order valence-corrected chi connectivity index (χ4v) is 2.72. The number of aromatic nitrogens is 3. The molecule has 0 aliphatic rings. The number of H-pyrrole nitrogens is 1. The molecule has 0 unspecified atom stereocenters. The summed E-state index contributed by atoms with van der Waals surface area (Å²) in [5.74, 6) is -0.332. The monoisotopic (exact) mass is 309 g/mol. The SMILES string of the molecule is CCOC(=O)c1[nH]c(C)c(-c2ccn(-c3ccccc3)n2)c1C. The molecule has 3 rings (SSSR count). The molecule has 0 amide bonds. The van der Waals surface area contributed by atoms with Gasteiger partial charge < -0.3 is 9.72 Å². The number of benzene rings is 1. The lowest BCUT2D eigenvalue weighted by atomic mass is 10.1. The molecule has 1 aromatic carbocycles. The van der Waals surface area contributed by atoms with Crippen LogP contribution in [0.25, 0.3) is 16.9 Å². The van der Waals surface area contributed by atoms with E-state index >= 15 is 0 Å². The van der Waals surface area contributed by atoms with Gasteiger partial charge >= 0.3 is 5.97 Å². The molecule has 0 saturated carbocycles. The smallest absolute Gasteiger partial charge is 0.355 e. The van der Waals surface area contributed by atoms with Crippen LogP contribution in [0.5, 0.6) is 0 Å². The molecule has 0 fully saturated rings. The van der Waals surface area contributed by atoms with Crippen molar-refractivity contribution in [1.29, 1.82) is 0 Å². The van der Waals surface area contributed by atoms with Gasteiger partial charge in [0.15, 0.2) is 0 Å². The van der Waals surface area contributed by atoms with E-state index in [1.165, 1.54) is 0 Å². The molecule has 0 spiro atoms. The van der Waals surface area contributed by atoms with Gasteiger partial charge in [0.1, 0.15) is 5.69 Å². The second-order valence-electron chi connectivity index (χ2n) is 5.33. The number of aryl methyl sites for hydroxylation is 1. The maximum absolute atomic E-state index is 12.0. The number of para-hydroxylation sites is 1. The highest BCUT2D eigenvalue weighted by atomic mass is 16.5. The van der Waals surface area contributed by atoms with Crippen LogP contribution in [0.2, 0.25) is 0 Å². The highest BCUT2D eigenvalue weighted by molar-refractivity contribution is 5.92. The normalized spacial score (nSPS) is 10.7. The first-order valence-corrected chi connectivity index (χ1v) is 7.59. The molecule has 0 atom stereocenters. The standard InChI is InChI=1S/C18H19N3O2/c1-4-23-18(22)17-12(2)16(13(3)19-17)15-10-11-21(20-15)14-8-6-5-7-9-14/h5-11,19H,4H2,1-3H3. The van der Waals surface area contributed by atoms with Gasteiger partial charge in [-0.1, -0.05) is 18.2 Å². The number of rotatable bonds is 4. The fraction of sp³-hybridized carbons (Fsp3) is 0.222. The van der Waals surface area contributed by atoms with Crippen molar-refractivity contribution < 1.29 is 9.53 Å². The Labute approximate surface area is 134 Å². The minimum absolute atomic E-state index is 0.332. The molecule has 0 aliphatic heterocycles. The Kier molecular flexibility index (Phi) is 4.02. The summed E-state index contributed by atoms with van der Waals surface area (Å²) in [4.78, 5) is 15.1. The molecule has 0 radical (unpaired) electrons. The van der Waals surface area contributed by atoms with Crippen molar-refractivity contribution >= 4 is 5.97 Å². The second-order valence-corrected chi connectivity index (χ2v) is 5.33. The molecular formula is C18H19N3O2. The van der Waals surface area contributed by atoms with Crippen molar-refractivity contribution in [3.05, 3.63) is 59.5 Å². The van der Waals surface area contributed by atoms with E-state index in [1.807, 2.05) is 61.1 Å². The number of nitrogens with one attached hydrogen (secondary N) is 1. The van der Waals surface area contributed by atoms with E-state index < -0.39 is 0 Å². The van der Waals surface area contributed by atoms with Crippen LogP contribution in [0.4, 0.5) is 0 Å². The second kappa shape index (κ2) is 6.12. The zero-order valence-corrected chi connectivity index (χ0v) is 13.5. The predicted molar refractivity (Wildman–Crippen MR) is 88.8 cm³/mol. The van der Waals surface area contributed by atoms with Crippen LogP contribution in [0, 0.1) is 13.8 Å². The Balaban J connectivity index is 2.00. The molecular weight excluding hydrogens is 290 g/mol. The van der Waals surface area contributed by atoms with Crippen molar-refractivity contribution in [2.75, 3.05) is 6.61 Å². The summed E-state index contributed by atoms with van der Waals surface area (Å²) < 4.78 is 6.92. The molecule has 23 heavy (non-hydrogen) atoms. The lowest BCUT2D eigenvalue weighted by molar-refractivity contribution is 0.0519. The number of ether oxygens (including phenoxy) is 1. The maximum Gasteiger partial charge on any atom is 0.355 e. The van der Waals surface area contributed by atoms with E-state index in [4.69, 9.17) is 4.74 Å². The number of nitrogens with zero attached hydrogens (tertiary/aromatic N) is 2. The summed E-state index contributed by atoms with van der Waals surface area (Å²) in [7, 11) is 0. The van der Waals surface area contributed by atoms with Gasteiger partial charge in [0.2, 0.25) is 0 Å². The quantitative estimate of drug-likeness (QED) is 0.748. The van der Waals surface area contributed by atoms with Gasteiger partial charge in [-0.25, -0.2) is 9.48 Å². The van der Waals surface area contributed by atoms with E-state index in [0.717, 1.165) is 28.2 Å². The zero-order valence-electron chi connectivity index (χ0n) is 13.5. The van der Waals surface area contributed by atoms with Crippen molar-refractivity contribution in [3.63, 3.8) is 0 Å². The minimum Gasteiger partial charge on any atom is -0.461 e. The Morgan fingerprint density at radius 1 is 1.22 bits per heavy atom. The van der Waals surface area contributed by atoms with Crippen molar-refractivity contribution in [2.24, 2.45) is 0 Å².